The standard InChI is InChI=1S/C24H19ClN2O3/c1-3-29-14-27-24-20(13-26)22(15-8-10-16(28-2)11-9-15)19-12-21(25)17-6-4-5-7-18(17)23(19)30-24/h4-12,14,22H,3H2,1-2H3/b27-14+. The predicted molar refractivity (Wildman–Crippen MR) is 117 cm³/mol. The summed E-state index contributed by atoms with van der Waals surface area (Å²) in [6, 6.07) is 19.5. The van der Waals surface area contributed by atoms with E-state index in [9.17, 15) is 5.26 Å². The summed E-state index contributed by atoms with van der Waals surface area (Å²) in [5, 5.41) is 12.3. The molecule has 0 bridgehead atoms. The van der Waals surface area contributed by atoms with Crippen molar-refractivity contribution < 1.29 is 14.2 Å². The van der Waals surface area contributed by atoms with E-state index in [2.05, 4.69) is 11.1 Å². The lowest BCUT2D eigenvalue weighted by molar-refractivity contribution is 0.336. The molecule has 0 radical (unpaired) electrons. The summed E-state index contributed by atoms with van der Waals surface area (Å²) in [6.07, 6.45) is 1.31. The summed E-state index contributed by atoms with van der Waals surface area (Å²) in [4.78, 5) is 4.29. The van der Waals surface area contributed by atoms with Crippen molar-refractivity contribution in [1.82, 2.24) is 0 Å². The summed E-state index contributed by atoms with van der Waals surface area (Å²) in [5.41, 5.74) is 2.11. The molecule has 0 saturated heterocycles. The van der Waals surface area contributed by atoms with Crippen LogP contribution in [0.15, 0.2) is 71.0 Å². The zero-order valence-electron chi connectivity index (χ0n) is 16.6. The second kappa shape index (κ2) is 8.48. The molecule has 30 heavy (non-hydrogen) atoms. The fourth-order valence-corrected chi connectivity index (χ4v) is 3.88. The van der Waals surface area contributed by atoms with Crippen LogP contribution in [0, 0.1) is 11.3 Å². The van der Waals surface area contributed by atoms with Crippen LogP contribution in [-0.2, 0) is 4.74 Å². The molecule has 3 aromatic rings. The number of benzene rings is 3. The van der Waals surface area contributed by atoms with E-state index in [-0.39, 0.29) is 11.8 Å². The highest BCUT2D eigenvalue weighted by atomic mass is 35.5. The number of methoxy groups -OCH3 is 1. The van der Waals surface area contributed by atoms with Gasteiger partial charge in [-0.2, -0.15) is 10.3 Å². The van der Waals surface area contributed by atoms with Crippen LogP contribution in [-0.4, -0.2) is 20.1 Å². The number of halogens is 1. The molecule has 0 spiro atoms. The maximum absolute atomic E-state index is 10.00. The molecule has 3 aromatic carbocycles. The van der Waals surface area contributed by atoms with Gasteiger partial charge in [-0.25, -0.2) is 0 Å². The van der Waals surface area contributed by atoms with Crippen LogP contribution in [0.2, 0.25) is 5.02 Å². The van der Waals surface area contributed by atoms with Crippen molar-refractivity contribution in [2.45, 2.75) is 12.8 Å². The lowest BCUT2D eigenvalue weighted by Gasteiger charge is -2.28. The largest absolute Gasteiger partial charge is 0.497 e. The van der Waals surface area contributed by atoms with Gasteiger partial charge < -0.3 is 14.2 Å². The van der Waals surface area contributed by atoms with Gasteiger partial charge in [0.25, 0.3) is 0 Å². The first-order valence-electron chi connectivity index (χ1n) is 9.49. The quantitative estimate of drug-likeness (QED) is 0.386. The van der Waals surface area contributed by atoms with E-state index < -0.39 is 0 Å². The maximum Gasteiger partial charge on any atom is 0.236 e. The Balaban J connectivity index is 1.98. The number of nitrogens with zero attached hydrogens (tertiary/aromatic N) is 2. The van der Waals surface area contributed by atoms with E-state index in [1.807, 2.05) is 61.5 Å². The van der Waals surface area contributed by atoms with Crippen LogP contribution in [0.1, 0.15) is 24.0 Å². The number of rotatable bonds is 5. The Labute approximate surface area is 179 Å². The van der Waals surface area contributed by atoms with E-state index in [1.165, 1.54) is 6.40 Å². The summed E-state index contributed by atoms with van der Waals surface area (Å²) in [5.74, 6) is 1.20. The number of aliphatic imine (C=N–C) groups is 1. The number of allylic oxidation sites excluding steroid dienone is 1. The van der Waals surface area contributed by atoms with E-state index in [1.54, 1.807) is 7.11 Å². The average molecular weight is 419 g/mol. The van der Waals surface area contributed by atoms with Gasteiger partial charge in [0.1, 0.15) is 23.1 Å². The molecule has 5 nitrogen and oxygen atoms in total. The highest BCUT2D eigenvalue weighted by Crippen LogP contribution is 2.48. The van der Waals surface area contributed by atoms with E-state index in [0.717, 1.165) is 27.6 Å². The Morgan fingerprint density at radius 3 is 2.57 bits per heavy atom. The molecule has 4 rings (SSSR count). The first-order chi connectivity index (χ1) is 14.7. The molecular formula is C24H19ClN2O3. The molecule has 0 N–H and O–H groups in total. The number of ether oxygens (including phenoxy) is 3. The third-order valence-electron chi connectivity index (χ3n) is 4.98. The second-order valence-electron chi connectivity index (χ2n) is 6.65. The minimum Gasteiger partial charge on any atom is -0.497 e. The monoisotopic (exact) mass is 418 g/mol. The van der Waals surface area contributed by atoms with Gasteiger partial charge in [-0.05, 0) is 30.7 Å². The molecule has 150 valence electrons. The van der Waals surface area contributed by atoms with Crippen molar-refractivity contribution in [2.75, 3.05) is 13.7 Å². The van der Waals surface area contributed by atoms with Crippen LogP contribution >= 0.6 is 11.6 Å². The third-order valence-corrected chi connectivity index (χ3v) is 5.30. The Morgan fingerprint density at radius 1 is 1.17 bits per heavy atom. The van der Waals surface area contributed by atoms with E-state index >= 15 is 0 Å². The maximum atomic E-state index is 10.00. The molecule has 1 aliphatic heterocycles. The molecule has 1 unspecified atom stereocenters. The van der Waals surface area contributed by atoms with Gasteiger partial charge >= 0.3 is 0 Å². The second-order valence-corrected chi connectivity index (χ2v) is 7.06. The van der Waals surface area contributed by atoms with Crippen LogP contribution < -0.4 is 9.47 Å². The van der Waals surface area contributed by atoms with Gasteiger partial charge in [0.2, 0.25) is 5.88 Å². The highest BCUT2D eigenvalue weighted by molar-refractivity contribution is 6.36. The van der Waals surface area contributed by atoms with Gasteiger partial charge in [0.15, 0.2) is 6.40 Å². The lowest BCUT2D eigenvalue weighted by atomic mass is 9.82. The molecule has 0 aliphatic carbocycles. The Bertz CT molecular complexity index is 1190. The van der Waals surface area contributed by atoms with Crippen molar-refractivity contribution >= 4 is 28.8 Å². The van der Waals surface area contributed by atoms with Gasteiger partial charge in [-0.15, -0.1) is 0 Å². The topological polar surface area (TPSA) is 63.8 Å². The third kappa shape index (κ3) is 3.47. The molecule has 0 saturated carbocycles. The average Bonchev–Trinajstić information content (AvgIpc) is 2.79. The zero-order valence-corrected chi connectivity index (χ0v) is 17.3. The summed E-state index contributed by atoms with van der Waals surface area (Å²) >= 11 is 6.60. The van der Waals surface area contributed by atoms with Gasteiger partial charge in [-0.1, -0.05) is 48.0 Å². The summed E-state index contributed by atoms with van der Waals surface area (Å²) in [7, 11) is 1.62. The molecule has 0 amide bonds. The lowest BCUT2D eigenvalue weighted by Crippen LogP contribution is -2.16. The molecule has 0 aromatic heterocycles. The van der Waals surface area contributed by atoms with Crippen molar-refractivity contribution in [2.24, 2.45) is 4.99 Å². The minimum absolute atomic E-state index is 0.215. The Kier molecular flexibility index (Phi) is 5.60. The van der Waals surface area contributed by atoms with Gasteiger partial charge in [0.05, 0.1) is 19.6 Å². The minimum atomic E-state index is -0.388. The van der Waals surface area contributed by atoms with Crippen molar-refractivity contribution in [3.63, 3.8) is 0 Å². The summed E-state index contributed by atoms with van der Waals surface area (Å²) in [6.45, 7) is 2.33. The van der Waals surface area contributed by atoms with Crippen molar-refractivity contribution in [3.05, 3.63) is 82.2 Å². The van der Waals surface area contributed by atoms with Crippen molar-refractivity contribution in [3.8, 4) is 17.6 Å². The predicted octanol–water partition coefficient (Wildman–Crippen LogP) is 5.83. The van der Waals surface area contributed by atoms with Crippen molar-refractivity contribution in [1.29, 1.82) is 5.26 Å². The van der Waals surface area contributed by atoms with E-state index in [0.29, 0.717) is 23.0 Å². The zero-order chi connectivity index (χ0) is 21.1. The fourth-order valence-electron chi connectivity index (χ4n) is 3.59. The SMILES string of the molecule is CCO/C=N/C1=C(C#N)C(c2ccc(OC)cc2)c2cc(Cl)c3ccccc3c2O1. The molecule has 1 heterocycles. The Morgan fingerprint density at radius 2 is 1.90 bits per heavy atom. The van der Waals surface area contributed by atoms with Crippen LogP contribution in [0.5, 0.6) is 11.5 Å². The first-order valence-corrected chi connectivity index (χ1v) is 9.87. The number of nitriles is 1. The van der Waals surface area contributed by atoms with Gasteiger partial charge in [-0.3, -0.25) is 0 Å². The highest BCUT2D eigenvalue weighted by Gasteiger charge is 2.33. The van der Waals surface area contributed by atoms with Crippen LogP contribution in [0.25, 0.3) is 10.8 Å². The smallest absolute Gasteiger partial charge is 0.236 e. The van der Waals surface area contributed by atoms with Crippen LogP contribution in [0.4, 0.5) is 0 Å². The molecular weight excluding hydrogens is 400 g/mol. The van der Waals surface area contributed by atoms with Crippen LogP contribution in [0.3, 0.4) is 0 Å². The Hall–Kier alpha value is -3.49. The fraction of sp³-hybridized carbons (Fsp3) is 0.167. The first kappa shape index (κ1) is 19.8. The number of hydrogen-bond acceptors (Lipinski definition) is 5. The summed E-state index contributed by atoms with van der Waals surface area (Å²) < 4.78 is 16.7. The molecule has 1 atom stereocenters. The van der Waals surface area contributed by atoms with Gasteiger partial charge in [0, 0.05) is 21.4 Å². The molecule has 0 fully saturated rings. The van der Waals surface area contributed by atoms with E-state index in [4.69, 9.17) is 25.8 Å². The molecule has 6 heteroatoms. The number of fused-ring (bicyclic) bond motifs is 3. The normalized spacial score (nSPS) is 15.6. The molecule has 1 aliphatic rings. The number of hydrogen-bond donors (Lipinski definition) is 0.